The minimum Gasteiger partial charge on any atom is -0.459 e. The van der Waals surface area contributed by atoms with Gasteiger partial charge in [-0.1, -0.05) is 43.3 Å². The topological polar surface area (TPSA) is 97.8 Å². The smallest absolute Gasteiger partial charge is 0.329 e. The van der Waals surface area contributed by atoms with Gasteiger partial charge in [-0.2, -0.15) is 0 Å². The molecule has 2 aromatic carbocycles. The third-order valence-corrected chi connectivity index (χ3v) is 6.80. The average molecular weight is 486 g/mol. The van der Waals surface area contributed by atoms with E-state index in [1.165, 1.54) is 0 Å². The first kappa shape index (κ1) is 23.5. The number of benzene rings is 2. The fraction of sp³-hybridized carbons (Fsp3) is 0.286. The Morgan fingerprint density at radius 3 is 2.47 bits per heavy atom. The van der Waals surface area contributed by atoms with Gasteiger partial charge >= 0.3 is 5.97 Å². The number of hydrogen-bond acceptors (Lipinski definition) is 6. The Morgan fingerprint density at radius 2 is 1.75 bits per heavy atom. The van der Waals surface area contributed by atoms with Crippen molar-refractivity contribution in [2.24, 2.45) is 5.41 Å². The van der Waals surface area contributed by atoms with Crippen molar-refractivity contribution < 1.29 is 23.9 Å². The molecule has 0 unspecified atom stereocenters. The molecule has 5 rings (SSSR count). The predicted molar refractivity (Wildman–Crippen MR) is 131 cm³/mol. The standard InChI is InChI=1S/C28H27N3O5/c1-28-15-22(27(34)35-18-19-7-3-2-4-8-19)31(23(28)16-28)25(32)17-30-26(33)20-10-12-21(13-11-20)36-24-9-5-6-14-29-24/h2-14,22-23H,15-18H2,1H3,(H,30,33)/t22-,23-,28+/m0/s1. The molecular weight excluding hydrogens is 458 g/mol. The molecule has 8 heteroatoms. The van der Waals surface area contributed by atoms with E-state index < -0.39 is 12.0 Å². The summed E-state index contributed by atoms with van der Waals surface area (Å²) < 4.78 is 11.2. The molecule has 2 heterocycles. The summed E-state index contributed by atoms with van der Waals surface area (Å²) in [4.78, 5) is 44.3. The summed E-state index contributed by atoms with van der Waals surface area (Å²) in [5.74, 6) is -0.0754. The monoisotopic (exact) mass is 485 g/mol. The van der Waals surface area contributed by atoms with E-state index in [2.05, 4.69) is 17.2 Å². The molecule has 1 aromatic heterocycles. The van der Waals surface area contributed by atoms with Crippen molar-refractivity contribution in [1.82, 2.24) is 15.2 Å². The summed E-state index contributed by atoms with van der Waals surface area (Å²) >= 11 is 0. The molecule has 1 N–H and O–H groups in total. The number of piperidine rings is 1. The number of aromatic nitrogens is 1. The van der Waals surface area contributed by atoms with E-state index in [4.69, 9.17) is 9.47 Å². The number of pyridine rings is 1. The highest BCUT2D eigenvalue weighted by molar-refractivity contribution is 5.97. The van der Waals surface area contributed by atoms with Crippen LogP contribution < -0.4 is 10.1 Å². The lowest BCUT2D eigenvalue weighted by Gasteiger charge is -2.26. The number of ether oxygens (including phenoxy) is 2. The maximum absolute atomic E-state index is 13.1. The number of likely N-dealkylation sites (tertiary alicyclic amines) is 1. The molecule has 1 saturated carbocycles. The zero-order valence-electron chi connectivity index (χ0n) is 19.9. The number of rotatable bonds is 8. The van der Waals surface area contributed by atoms with Gasteiger partial charge in [0.1, 0.15) is 18.4 Å². The molecular formula is C28H27N3O5. The van der Waals surface area contributed by atoms with Gasteiger partial charge in [-0.15, -0.1) is 0 Å². The number of nitrogens with zero attached hydrogens (tertiary/aromatic N) is 2. The largest absolute Gasteiger partial charge is 0.459 e. The summed E-state index contributed by atoms with van der Waals surface area (Å²) in [5.41, 5.74) is 1.22. The van der Waals surface area contributed by atoms with Gasteiger partial charge in [0.25, 0.3) is 5.91 Å². The van der Waals surface area contributed by atoms with Crippen LogP contribution in [0.2, 0.25) is 0 Å². The number of carbonyl (C=O) groups is 3. The normalized spacial score (nSPS) is 21.9. The van der Waals surface area contributed by atoms with Gasteiger partial charge in [0.2, 0.25) is 11.8 Å². The van der Waals surface area contributed by atoms with Crippen molar-refractivity contribution >= 4 is 17.8 Å². The van der Waals surface area contributed by atoms with Crippen LogP contribution >= 0.6 is 0 Å². The van der Waals surface area contributed by atoms with Crippen LogP contribution in [0.5, 0.6) is 11.6 Å². The van der Waals surface area contributed by atoms with Crippen molar-refractivity contribution in [2.75, 3.05) is 6.54 Å². The van der Waals surface area contributed by atoms with Crippen LogP contribution in [0.4, 0.5) is 0 Å². The van der Waals surface area contributed by atoms with E-state index in [1.54, 1.807) is 47.5 Å². The Morgan fingerprint density at radius 1 is 1.00 bits per heavy atom. The molecule has 2 amide bonds. The number of esters is 1. The van der Waals surface area contributed by atoms with Gasteiger partial charge in [0, 0.05) is 23.9 Å². The van der Waals surface area contributed by atoms with Crippen molar-refractivity contribution in [3.05, 3.63) is 90.1 Å². The highest BCUT2D eigenvalue weighted by Gasteiger charge is 2.64. The lowest BCUT2D eigenvalue weighted by atomic mass is 10.0. The van der Waals surface area contributed by atoms with Gasteiger partial charge in [-0.3, -0.25) is 9.59 Å². The lowest BCUT2D eigenvalue weighted by Crippen LogP contribution is -2.48. The van der Waals surface area contributed by atoms with Crippen molar-refractivity contribution in [3.8, 4) is 11.6 Å². The molecule has 0 bridgehead atoms. The fourth-order valence-electron chi connectivity index (χ4n) is 4.71. The number of amides is 2. The van der Waals surface area contributed by atoms with Crippen molar-refractivity contribution in [2.45, 2.75) is 38.5 Å². The molecule has 8 nitrogen and oxygen atoms in total. The minimum absolute atomic E-state index is 0.000736. The van der Waals surface area contributed by atoms with Gasteiger partial charge in [0.05, 0.1) is 6.54 Å². The third-order valence-electron chi connectivity index (χ3n) is 6.80. The Kier molecular flexibility index (Phi) is 6.41. The molecule has 0 radical (unpaired) electrons. The van der Waals surface area contributed by atoms with Crippen LogP contribution in [-0.4, -0.2) is 46.3 Å². The fourth-order valence-corrected chi connectivity index (χ4v) is 4.71. The van der Waals surface area contributed by atoms with E-state index in [9.17, 15) is 14.4 Å². The van der Waals surface area contributed by atoms with Crippen LogP contribution in [0.15, 0.2) is 79.0 Å². The molecule has 184 valence electrons. The van der Waals surface area contributed by atoms with Crippen LogP contribution in [-0.2, 0) is 20.9 Å². The molecule has 1 aliphatic heterocycles. The van der Waals surface area contributed by atoms with E-state index in [1.807, 2.05) is 36.4 Å². The average Bonchev–Trinajstić information content (AvgIpc) is 3.47. The summed E-state index contributed by atoms with van der Waals surface area (Å²) in [6.45, 7) is 2.05. The summed E-state index contributed by atoms with van der Waals surface area (Å²) in [7, 11) is 0. The zero-order chi connectivity index (χ0) is 25.1. The molecule has 36 heavy (non-hydrogen) atoms. The molecule has 3 atom stereocenters. The minimum atomic E-state index is -0.634. The maximum Gasteiger partial charge on any atom is 0.329 e. The number of nitrogens with one attached hydrogen (secondary N) is 1. The highest BCUT2D eigenvalue weighted by atomic mass is 16.5. The van der Waals surface area contributed by atoms with Crippen molar-refractivity contribution in [3.63, 3.8) is 0 Å². The van der Waals surface area contributed by atoms with E-state index in [-0.39, 0.29) is 36.4 Å². The van der Waals surface area contributed by atoms with E-state index >= 15 is 0 Å². The highest BCUT2D eigenvalue weighted by Crippen LogP contribution is 2.59. The second-order valence-corrected chi connectivity index (χ2v) is 9.47. The Bertz CT molecular complexity index is 1250. The van der Waals surface area contributed by atoms with Crippen molar-refractivity contribution in [1.29, 1.82) is 0 Å². The SMILES string of the molecule is C[C@@]12C[C@@H]1N(C(=O)CNC(=O)c1ccc(Oc3ccccn3)cc1)[C@H](C(=O)OCc1ccccc1)C2. The van der Waals surface area contributed by atoms with Crippen LogP contribution in [0.25, 0.3) is 0 Å². The first-order valence-corrected chi connectivity index (χ1v) is 11.9. The van der Waals surface area contributed by atoms with Gasteiger partial charge in [-0.25, -0.2) is 9.78 Å². The summed E-state index contributed by atoms with van der Waals surface area (Å²) in [6.07, 6.45) is 3.06. The third kappa shape index (κ3) is 5.07. The Hall–Kier alpha value is -4.20. The maximum atomic E-state index is 13.1. The van der Waals surface area contributed by atoms with Gasteiger partial charge < -0.3 is 19.7 Å². The second kappa shape index (κ2) is 9.81. The first-order chi connectivity index (χ1) is 17.4. The first-order valence-electron chi connectivity index (χ1n) is 11.9. The quantitative estimate of drug-likeness (QED) is 0.489. The van der Waals surface area contributed by atoms with E-state index in [0.717, 1.165) is 12.0 Å². The van der Waals surface area contributed by atoms with Gasteiger partial charge in [-0.05, 0) is 54.2 Å². The summed E-state index contributed by atoms with van der Waals surface area (Å²) in [6, 6.07) is 20.7. The van der Waals surface area contributed by atoms with Crippen LogP contribution in [0.1, 0.15) is 35.7 Å². The molecule has 2 aliphatic rings. The van der Waals surface area contributed by atoms with Crippen LogP contribution in [0, 0.1) is 5.41 Å². The zero-order valence-corrected chi connectivity index (χ0v) is 19.9. The number of hydrogen-bond donors (Lipinski definition) is 1. The number of fused-ring (bicyclic) bond motifs is 1. The Balaban J connectivity index is 1.16. The second-order valence-electron chi connectivity index (χ2n) is 9.47. The molecule has 3 aromatic rings. The van der Waals surface area contributed by atoms with E-state index in [0.29, 0.717) is 23.6 Å². The Labute approximate surface area is 209 Å². The molecule has 2 fully saturated rings. The summed E-state index contributed by atoms with van der Waals surface area (Å²) in [5, 5.41) is 2.68. The van der Waals surface area contributed by atoms with Gasteiger partial charge in [0.15, 0.2) is 0 Å². The molecule has 1 saturated heterocycles. The van der Waals surface area contributed by atoms with Crippen LogP contribution in [0.3, 0.4) is 0 Å². The lowest BCUT2D eigenvalue weighted by molar-refractivity contribution is -0.155. The molecule has 0 spiro atoms. The number of carbonyl (C=O) groups excluding carboxylic acids is 3. The molecule has 1 aliphatic carbocycles. The predicted octanol–water partition coefficient (Wildman–Crippen LogP) is 3.73.